The number of halogens is 1. The molecule has 3 rings (SSSR count). The molecule has 0 spiro atoms. The summed E-state index contributed by atoms with van der Waals surface area (Å²) in [5, 5.41) is 0. The summed E-state index contributed by atoms with van der Waals surface area (Å²) >= 11 is 3.38. The Kier molecular flexibility index (Phi) is 5.35. The number of nitrogens with zero attached hydrogens (tertiary/aromatic N) is 2. The van der Waals surface area contributed by atoms with Crippen molar-refractivity contribution in [2.75, 3.05) is 7.05 Å². The number of pyridine rings is 1. The van der Waals surface area contributed by atoms with E-state index in [9.17, 15) is 4.79 Å². The minimum absolute atomic E-state index is 0.0459. The SMILES string of the molecule is CC(C)c1ccc(C[NH+](C)Cc2cc(=O)n3cc(Br)ccc3n2)cc1. The number of quaternary nitrogens is 1. The number of aromatic nitrogens is 2. The Balaban J connectivity index is 1.74. The number of fused-ring (bicyclic) bond motifs is 1. The first-order chi connectivity index (χ1) is 11.9. The van der Waals surface area contributed by atoms with E-state index in [1.54, 1.807) is 16.7 Å². The van der Waals surface area contributed by atoms with E-state index in [1.807, 2.05) is 12.1 Å². The van der Waals surface area contributed by atoms with E-state index in [-0.39, 0.29) is 5.56 Å². The van der Waals surface area contributed by atoms with Gasteiger partial charge in [-0.15, -0.1) is 0 Å². The van der Waals surface area contributed by atoms with Crippen LogP contribution in [0.1, 0.15) is 36.6 Å². The lowest BCUT2D eigenvalue weighted by atomic mass is 10.0. The van der Waals surface area contributed by atoms with Gasteiger partial charge in [0.15, 0.2) is 0 Å². The van der Waals surface area contributed by atoms with Crippen LogP contribution in [0.25, 0.3) is 5.65 Å². The van der Waals surface area contributed by atoms with E-state index < -0.39 is 0 Å². The zero-order valence-corrected chi connectivity index (χ0v) is 16.4. The molecule has 3 aromatic rings. The Morgan fingerprint density at radius 3 is 2.52 bits per heavy atom. The molecule has 0 aliphatic rings. The topological polar surface area (TPSA) is 38.8 Å². The highest BCUT2D eigenvalue weighted by atomic mass is 79.9. The molecule has 0 saturated heterocycles. The van der Waals surface area contributed by atoms with Crippen molar-refractivity contribution in [2.24, 2.45) is 0 Å². The van der Waals surface area contributed by atoms with Crippen LogP contribution in [0.2, 0.25) is 0 Å². The second kappa shape index (κ2) is 7.50. The smallest absolute Gasteiger partial charge is 0.258 e. The first kappa shape index (κ1) is 17.8. The highest BCUT2D eigenvalue weighted by molar-refractivity contribution is 9.10. The average molecular weight is 401 g/mol. The summed E-state index contributed by atoms with van der Waals surface area (Å²) in [6.07, 6.45) is 1.75. The van der Waals surface area contributed by atoms with Crippen molar-refractivity contribution in [3.05, 3.63) is 80.3 Å². The lowest BCUT2D eigenvalue weighted by molar-refractivity contribution is -0.908. The van der Waals surface area contributed by atoms with Gasteiger partial charge >= 0.3 is 0 Å². The van der Waals surface area contributed by atoms with E-state index in [1.165, 1.54) is 16.0 Å². The first-order valence-corrected chi connectivity index (χ1v) is 9.29. The predicted molar refractivity (Wildman–Crippen MR) is 104 cm³/mol. The van der Waals surface area contributed by atoms with Gasteiger partial charge in [0, 0.05) is 22.3 Å². The van der Waals surface area contributed by atoms with Crippen LogP contribution in [-0.2, 0) is 13.1 Å². The largest absolute Gasteiger partial charge is 0.329 e. The Bertz CT molecular complexity index is 932. The van der Waals surface area contributed by atoms with Crippen molar-refractivity contribution in [2.45, 2.75) is 32.9 Å². The summed E-state index contributed by atoms with van der Waals surface area (Å²) in [4.78, 5) is 18.2. The predicted octanol–water partition coefficient (Wildman–Crippen LogP) is 2.80. The third-order valence-electron chi connectivity index (χ3n) is 4.31. The van der Waals surface area contributed by atoms with Crippen LogP contribution >= 0.6 is 15.9 Å². The van der Waals surface area contributed by atoms with Crippen LogP contribution in [0, 0.1) is 0 Å². The van der Waals surface area contributed by atoms with Crippen molar-refractivity contribution >= 4 is 21.6 Å². The van der Waals surface area contributed by atoms with Crippen LogP contribution in [-0.4, -0.2) is 16.4 Å². The van der Waals surface area contributed by atoms with Gasteiger partial charge in [0.2, 0.25) is 0 Å². The van der Waals surface area contributed by atoms with Crippen molar-refractivity contribution < 1.29 is 4.90 Å². The fraction of sp³-hybridized carbons (Fsp3) is 0.300. The van der Waals surface area contributed by atoms with Gasteiger partial charge in [-0.2, -0.15) is 0 Å². The summed E-state index contributed by atoms with van der Waals surface area (Å²) in [5.41, 5.74) is 4.11. The van der Waals surface area contributed by atoms with Crippen LogP contribution in [0.15, 0.2) is 57.9 Å². The Labute approximate surface area is 156 Å². The third kappa shape index (κ3) is 4.35. The molecule has 0 fully saturated rings. The van der Waals surface area contributed by atoms with Gasteiger partial charge in [0.1, 0.15) is 24.4 Å². The van der Waals surface area contributed by atoms with Crippen molar-refractivity contribution in [3.63, 3.8) is 0 Å². The van der Waals surface area contributed by atoms with Crippen LogP contribution in [0.5, 0.6) is 0 Å². The molecule has 0 radical (unpaired) electrons. The highest BCUT2D eigenvalue weighted by Crippen LogP contribution is 2.14. The average Bonchev–Trinajstić information content (AvgIpc) is 2.56. The molecule has 4 nitrogen and oxygen atoms in total. The molecule has 1 atom stereocenters. The molecule has 25 heavy (non-hydrogen) atoms. The minimum atomic E-state index is -0.0459. The molecule has 5 heteroatoms. The van der Waals surface area contributed by atoms with Crippen LogP contribution in [0.4, 0.5) is 0 Å². The summed E-state index contributed by atoms with van der Waals surface area (Å²) in [6.45, 7) is 6.02. The van der Waals surface area contributed by atoms with Crippen LogP contribution in [0.3, 0.4) is 0 Å². The van der Waals surface area contributed by atoms with Crippen molar-refractivity contribution in [3.8, 4) is 0 Å². The van der Waals surface area contributed by atoms with Crippen molar-refractivity contribution in [1.82, 2.24) is 9.38 Å². The number of rotatable bonds is 5. The van der Waals surface area contributed by atoms with E-state index in [0.29, 0.717) is 18.1 Å². The fourth-order valence-corrected chi connectivity index (χ4v) is 3.29. The zero-order chi connectivity index (χ0) is 18.0. The Morgan fingerprint density at radius 2 is 1.84 bits per heavy atom. The molecule has 2 aromatic heterocycles. The lowest BCUT2D eigenvalue weighted by Gasteiger charge is -2.15. The van der Waals surface area contributed by atoms with Gasteiger partial charge < -0.3 is 4.90 Å². The standard InChI is InChI=1S/C20H22BrN3O/c1-14(2)16-6-4-15(5-7-16)11-23(3)13-18-10-20(25)24-12-17(21)8-9-19(24)22-18/h4-10,12,14H,11,13H2,1-3H3/p+1. The summed E-state index contributed by atoms with van der Waals surface area (Å²) < 4.78 is 2.43. The van der Waals surface area contributed by atoms with E-state index >= 15 is 0 Å². The molecule has 0 saturated carbocycles. The number of nitrogens with one attached hydrogen (secondary N) is 1. The fourth-order valence-electron chi connectivity index (χ4n) is 2.96. The number of benzene rings is 1. The summed E-state index contributed by atoms with van der Waals surface area (Å²) in [5.74, 6) is 0.550. The molecule has 0 aliphatic heterocycles. The number of hydrogen-bond acceptors (Lipinski definition) is 2. The van der Waals surface area contributed by atoms with Gasteiger partial charge in [-0.05, 0) is 39.5 Å². The first-order valence-electron chi connectivity index (χ1n) is 8.50. The summed E-state index contributed by atoms with van der Waals surface area (Å²) in [7, 11) is 2.13. The third-order valence-corrected chi connectivity index (χ3v) is 4.78. The number of hydrogen-bond donors (Lipinski definition) is 1. The highest BCUT2D eigenvalue weighted by Gasteiger charge is 2.10. The molecule has 0 amide bonds. The molecule has 1 aromatic carbocycles. The minimum Gasteiger partial charge on any atom is -0.329 e. The quantitative estimate of drug-likeness (QED) is 0.714. The van der Waals surface area contributed by atoms with E-state index in [4.69, 9.17) is 0 Å². The summed E-state index contributed by atoms with van der Waals surface area (Å²) in [6, 6.07) is 14.2. The molecule has 2 heterocycles. The van der Waals surface area contributed by atoms with Crippen LogP contribution < -0.4 is 10.5 Å². The second-order valence-electron chi connectivity index (χ2n) is 6.87. The normalized spacial score (nSPS) is 12.7. The molecular formula is C20H23BrN3O+. The second-order valence-corrected chi connectivity index (χ2v) is 7.78. The molecule has 0 aliphatic carbocycles. The van der Waals surface area contributed by atoms with E-state index in [0.717, 1.165) is 16.7 Å². The maximum absolute atomic E-state index is 12.3. The molecule has 1 N–H and O–H groups in total. The Morgan fingerprint density at radius 1 is 1.12 bits per heavy atom. The van der Waals surface area contributed by atoms with Gasteiger partial charge in [-0.1, -0.05) is 38.1 Å². The van der Waals surface area contributed by atoms with Crippen molar-refractivity contribution in [1.29, 1.82) is 0 Å². The molecule has 130 valence electrons. The Hall–Kier alpha value is -1.98. The molecular weight excluding hydrogens is 378 g/mol. The molecule has 0 bridgehead atoms. The van der Waals surface area contributed by atoms with Gasteiger partial charge in [-0.25, -0.2) is 4.98 Å². The maximum atomic E-state index is 12.3. The van der Waals surface area contributed by atoms with Gasteiger partial charge in [0.25, 0.3) is 5.56 Å². The lowest BCUT2D eigenvalue weighted by Crippen LogP contribution is -3.06. The van der Waals surface area contributed by atoms with E-state index in [2.05, 4.69) is 66.1 Å². The maximum Gasteiger partial charge on any atom is 0.258 e. The molecule has 1 unspecified atom stereocenters. The van der Waals surface area contributed by atoms with Gasteiger partial charge in [0.05, 0.1) is 7.05 Å². The monoisotopic (exact) mass is 400 g/mol. The zero-order valence-electron chi connectivity index (χ0n) is 14.8. The van der Waals surface area contributed by atoms with Gasteiger partial charge in [-0.3, -0.25) is 9.20 Å².